The largest absolute Gasteiger partial charge is 0.388 e. The van der Waals surface area contributed by atoms with Gasteiger partial charge in [-0.1, -0.05) is 33.6 Å². The molecule has 0 spiro atoms. The van der Waals surface area contributed by atoms with E-state index in [4.69, 9.17) is 0 Å². The first-order valence-corrected chi connectivity index (χ1v) is 8.60. The van der Waals surface area contributed by atoms with Crippen molar-refractivity contribution in [2.45, 2.75) is 65.0 Å². The number of rotatable bonds is 5. The first-order chi connectivity index (χ1) is 8.26. The van der Waals surface area contributed by atoms with Gasteiger partial charge in [0.15, 0.2) is 0 Å². The van der Waals surface area contributed by atoms with E-state index >= 15 is 0 Å². The Balaban J connectivity index is 2.53. The Bertz CT molecular complexity index is 247. The van der Waals surface area contributed by atoms with Crippen molar-refractivity contribution in [1.29, 1.82) is 0 Å². The summed E-state index contributed by atoms with van der Waals surface area (Å²) in [5.74, 6) is 1.53. The Morgan fingerprint density at radius 2 is 1.78 bits per heavy atom. The summed E-state index contributed by atoms with van der Waals surface area (Å²) in [6.07, 6.45) is 7.33. The van der Waals surface area contributed by atoms with E-state index in [-0.39, 0.29) is 0 Å². The maximum Gasteiger partial charge on any atom is 0.0833 e. The van der Waals surface area contributed by atoms with Crippen LogP contribution in [0.3, 0.4) is 0 Å². The van der Waals surface area contributed by atoms with Gasteiger partial charge in [0.2, 0.25) is 0 Å². The molecule has 0 amide bonds. The summed E-state index contributed by atoms with van der Waals surface area (Å²) < 4.78 is 0. The molecule has 2 N–H and O–H groups in total. The predicted molar refractivity (Wildman–Crippen MR) is 82.2 cm³/mol. The highest BCUT2D eigenvalue weighted by Gasteiger charge is 2.34. The average molecular weight is 273 g/mol. The molecule has 108 valence electrons. The number of hydrogen-bond donors (Lipinski definition) is 2. The molecule has 0 aliphatic heterocycles. The van der Waals surface area contributed by atoms with E-state index in [1.54, 1.807) is 11.8 Å². The number of aliphatic hydroxyl groups is 1. The smallest absolute Gasteiger partial charge is 0.0833 e. The predicted octanol–water partition coefficient (Wildman–Crippen LogP) is 3.29. The van der Waals surface area contributed by atoms with E-state index in [0.717, 1.165) is 11.7 Å². The third-order valence-corrected chi connectivity index (χ3v) is 4.99. The minimum Gasteiger partial charge on any atom is -0.388 e. The van der Waals surface area contributed by atoms with Gasteiger partial charge in [-0.2, -0.15) is 11.8 Å². The molecule has 1 aliphatic carbocycles. The number of hydrogen-bond acceptors (Lipinski definition) is 3. The maximum atomic E-state index is 10.3. The lowest BCUT2D eigenvalue weighted by Gasteiger charge is -2.42. The zero-order valence-electron chi connectivity index (χ0n) is 12.8. The number of thioether (sulfide) groups is 1. The van der Waals surface area contributed by atoms with Gasteiger partial charge in [0.05, 0.1) is 5.60 Å². The molecule has 0 aromatic carbocycles. The van der Waals surface area contributed by atoms with Crippen LogP contribution in [-0.2, 0) is 0 Å². The fraction of sp³-hybridized carbons (Fsp3) is 1.00. The summed E-state index contributed by atoms with van der Waals surface area (Å²) in [7, 11) is 0. The molecule has 0 saturated heterocycles. The molecule has 2 nitrogen and oxygen atoms in total. The van der Waals surface area contributed by atoms with Gasteiger partial charge in [-0.3, -0.25) is 0 Å². The molecule has 1 aliphatic rings. The molecular formula is C15H31NOS. The second-order valence-corrected chi connectivity index (χ2v) is 8.04. The molecule has 3 heteroatoms. The van der Waals surface area contributed by atoms with Crippen LogP contribution in [-0.4, -0.2) is 35.3 Å². The zero-order valence-corrected chi connectivity index (χ0v) is 13.6. The standard InChI is InChI=1S/C15H31NOS/c1-14(2,3)12-8-6-7-9-13(12)16-10-15(4,17)11-18-5/h12-13,16-17H,6-11H2,1-5H3. The summed E-state index contributed by atoms with van der Waals surface area (Å²) in [6, 6.07) is 0.576. The van der Waals surface area contributed by atoms with E-state index in [0.29, 0.717) is 18.0 Å². The van der Waals surface area contributed by atoms with Crippen LogP contribution in [0.4, 0.5) is 0 Å². The number of nitrogens with one attached hydrogen (secondary N) is 1. The van der Waals surface area contributed by atoms with Gasteiger partial charge >= 0.3 is 0 Å². The maximum absolute atomic E-state index is 10.3. The molecule has 3 unspecified atom stereocenters. The quantitative estimate of drug-likeness (QED) is 0.806. The topological polar surface area (TPSA) is 32.3 Å². The molecule has 18 heavy (non-hydrogen) atoms. The summed E-state index contributed by atoms with van der Waals surface area (Å²) in [5.41, 5.74) is -0.219. The fourth-order valence-corrected chi connectivity index (χ4v) is 3.85. The lowest BCUT2D eigenvalue weighted by atomic mass is 9.69. The second kappa shape index (κ2) is 6.62. The molecule has 3 atom stereocenters. The van der Waals surface area contributed by atoms with Gasteiger partial charge in [0, 0.05) is 18.3 Å². The first-order valence-electron chi connectivity index (χ1n) is 7.21. The van der Waals surface area contributed by atoms with E-state index < -0.39 is 5.60 Å². The van der Waals surface area contributed by atoms with Gasteiger partial charge in [0.1, 0.15) is 0 Å². The van der Waals surface area contributed by atoms with Gasteiger partial charge in [-0.15, -0.1) is 0 Å². The van der Waals surface area contributed by atoms with Crippen LogP contribution < -0.4 is 5.32 Å². The third kappa shape index (κ3) is 5.10. The van der Waals surface area contributed by atoms with Crippen LogP contribution in [0, 0.1) is 11.3 Å². The van der Waals surface area contributed by atoms with Crippen molar-refractivity contribution in [3.05, 3.63) is 0 Å². The highest BCUT2D eigenvalue weighted by molar-refractivity contribution is 7.98. The Kier molecular flexibility index (Phi) is 6.01. The Morgan fingerprint density at radius 1 is 1.17 bits per heavy atom. The highest BCUT2D eigenvalue weighted by atomic mass is 32.2. The summed E-state index contributed by atoms with van der Waals surface area (Å²) in [4.78, 5) is 0. The van der Waals surface area contributed by atoms with Crippen molar-refractivity contribution in [3.8, 4) is 0 Å². The van der Waals surface area contributed by atoms with Crippen molar-refractivity contribution in [1.82, 2.24) is 5.32 Å². The van der Waals surface area contributed by atoms with Crippen LogP contribution in [0.25, 0.3) is 0 Å². The Hall–Kier alpha value is 0.270. The van der Waals surface area contributed by atoms with E-state index in [9.17, 15) is 5.11 Å². The van der Waals surface area contributed by atoms with Crippen molar-refractivity contribution in [3.63, 3.8) is 0 Å². The summed E-state index contributed by atoms with van der Waals surface area (Å²) in [6.45, 7) is 9.68. The average Bonchev–Trinajstić information content (AvgIpc) is 2.26. The van der Waals surface area contributed by atoms with Gasteiger partial charge in [0.25, 0.3) is 0 Å². The van der Waals surface area contributed by atoms with Crippen molar-refractivity contribution in [2.24, 2.45) is 11.3 Å². The molecule has 1 fully saturated rings. The minimum absolute atomic E-state index is 0.365. The van der Waals surface area contributed by atoms with E-state index in [2.05, 4.69) is 26.1 Å². The summed E-state index contributed by atoms with van der Waals surface area (Å²) in [5, 5.41) is 13.9. The van der Waals surface area contributed by atoms with Crippen LogP contribution in [0.1, 0.15) is 53.4 Å². The Morgan fingerprint density at radius 3 is 2.33 bits per heavy atom. The molecule has 0 aromatic heterocycles. The van der Waals surface area contributed by atoms with Crippen molar-refractivity contribution < 1.29 is 5.11 Å². The van der Waals surface area contributed by atoms with E-state index in [1.165, 1.54) is 25.7 Å². The monoisotopic (exact) mass is 273 g/mol. The normalized spacial score (nSPS) is 29.0. The summed E-state index contributed by atoms with van der Waals surface area (Å²) >= 11 is 1.71. The molecule has 0 heterocycles. The lowest BCUT2D eigenvalue weighted by Crippen LogP contribution is -2.50. The van der Waals surface area contributed by atoms with Crippen LogP contribution in [0.2, 0.25) is 0 Å². The van der Waals surface area contributed by atoms with Gasteiger partial charge in [-0.25, -0.2) is 0 Å². The molecule has 0 radical (unpaired) electrons. The van der Waals surface area contributed by atoms with Crippen molar-refractivity contribution >= 4 is 11.8 Å². The Labute approximate surface area is 117 Å². The van der Waals surface area contributed by atoms with E-state index in [1.807, 2.05) is 13.2 Å². The van der Waals surface area contributed by atoms with Crippen LogP contribution in [0.15, 0.2) is 0 Å². The molecule has 1 saturated carbocycles. The molecular weight excluding hydrogens is 242 g/mol. The SMILES string of the molecule is CSCC(C)(O)CNC1CCCCC1C(C)(C)C. The highest BCUT2D eigenvalue weighted by Crippen LogP contribution is 2.38. The zero-order chi connectivity index (χ0) is 13.8. The van der Waals surface area contributed by atoms with Crippen molar-refractivity contribution in [2.75, 3.05) is 18.6 Å². The van der Waals surface area contributed by atoms with Crippen LogP contribution >= 0.6 is 11.8 Å². The third-order valence-electron chi connectivity index (χ3n) is 4.08. The van der Waals surface area contributed by atoms with Crippen LogP contribution in [0.5, 0.6) is 0 Å². The van der Waals surface area contributed by atoms with Gasteiger partial charge < -0.3 is 10.4 Å². The fourth-order valence-electron chi connectivity index (χ4n) is 3.12. The minimum atomic E-state index is -0.584. The van der Waals surface area contributed by atoms with Gasteiger partial charge in [-0.05, 0) is 37.4 Å². The molecule has 0 aromatic rings. The molecule has 1 rings (SSSR count). The lowest BCUT2D eigenvalue weighted by molar-refractivity contribution is 0.0630. The first kappa shape index (κ1) is 16.3. The second-order valence-electron chi connectivity index (χ2n) is 7.17. The molecule has 0 bridgehead atoms.